The van der Waals surface area contributed by atoms with Crippen LogP contribution in [0.5, 0.6) is 0 Å². The van der Waals surface area contributed by atoms with Crippen LogP contribution in [0.1, 0.15) is 38.8 Å². The maximum absolute atomic E-state index is 12.4. The van der Waals surface area contributed by atoms with Crippen LogP contribution in [0, 0.1) is 5.92 Å². The summed E-state index contributed by atoms with van der Waals surface area (Å²) in [4.78, 5) is 14.4. The van der Waals surface area contributed by atoms with Crippen molar-refractivity contribution < 1.29 is 4.79 Å². The topological polar surface area (TPSA) is 32.3 Å². The molecule has 0 aliphatic rings. The van der Waals surface area contributed by atoms with E-state index in [1.54, 1.807) is 0 Å². The summed E-state index contributed by atoms with van der Waals surface area (Å²) in [6.07, 6.45) is 1.08. The van der Waals surface area contributed by atoms with E-state index in [1.165, 1.54) is 5.56 Å². The van der Waals surface area contributed by atoms with E-state index in [0.717, 1.165) is 18.5 Å². The third-order valence-corrected chi connectivity index (χ3v) is 3.73. The Hall–Kier alpha value is -1.35. The lowest BCUT2D eigenvalue weighted by Gasteiger charge is -2.25. The quantitative estimate of drug-likeness (QED) is 0.837. The normalized spacial score (nSPS) is 12.0. The highest BCUT2D eigenvalue weighted by atomic mass is 16.2. The molecule has 0 spiro atoms. The van der Waals surface area contributed by atoms with Crippen molar-refractivity contribution >= 4 is 5.91 Å². The SMILES string of the molecule is CC(C)Cc1ccc(C(C)(C)C(=O)NCCN(C)C)cc1. The van der Waals surface area contributed by atoms with Gasteiger partial charge in [-0.1, -0.05) is 38.1 Å². The average Bonchev–Trinajstić information content (AvgIpc) is 2.38. The highest BCUT2D eigenvalue weighted by Crippen LogP contribution is 2.24. The molecule has 0 bridgehead atoms. The van der Waals surface area contributed by atoms with E-state index in [1.807, 2.05) is 27.9 Å². The zero-order valence-corrected chi connectivity index (χ0v) is 14.4. The highest BCUT2D eigenvalue weighted by Gasteiger charge is 2.29. The average molecular weight is 290 g/mol. The van der Waals surface area contributed by atoms with Gasteiger partial charge in [-0.05, 0) is 51.4 Å². The minimum atomic E-state index is -0.497. The molecule has 118 valence electrons. The third kappa shape index (κ3) is 5.50. The van der Waals surface area contributed by atoms with Crippen LogP contribution in [0.15, 0.2) is 24.3 Å². The molecule has 1 aromatic rings. The second-order valence-electron chi connectivity index (χ2n) is 6.98. The summed E-state index contributed by atoms with van der Waals surface area (Å²) in [6, 6.07) is 8.46. The standard InChI is InChI=1S/C18H30N2O/c1-14(2)13-15-7-9-16(10-8-15)18(3,4)17(21)19-11-12-20(5)6/h7-10,14H,11-13H2,1-6H3,(H,19,21). The Balaban J connectivity index is 2.70. The molecule has 0 aliphatic carbocycles. The minimum Gasteiger partial charge on any atom is -0.354 e. The first-order valence-corrected chi connectivity index (χ1v) is 7.76. The predicted octanol–water partition coefficient (Wildman–Crippen LogP) is 2.84. The fourth-order valence-corrected chi connectivity index (χ4v) is 2.27. The van der Waals surface area contributed by atoms with Gasteiger partial charge >= 0.3 is 0 Å². The Bertz CT molecular complexity index is 447. The molecule has 0 radical (unpaired) electrons. The summed E-state index contributed by atoms with van der Waals surface area (Å²) in [5, 5.41) is 3.02. The molecule has 3 nitrogen and oxygen atoms in total. The van der Waals surface area contributed by atoms with Crippen molar-refractivity contribution in [2.75, 3.05) is 27.2 Å². The summed E-state index contributed by atoms with van der Waals surface area (Å²) in [5.74, 6) is 0.735. The van der Waals surface area contributed by atoms with Crippen LogP contribution in [0.25, 0.3) is 0 Å². The number of likely N-dealkylation sites (N-methyl/N-ethyl adjacent to an activating group) is 1. The van der Waals surface area contributed by atoms with Crippen molar-refractivity contribution in [1.29, 1.82) is 0 Å². The monoisotopic (exact) mass is 290 g/mol. The molecule has 1 N–H and O–H groups in total. The van der Waals surface area contributed by atoms with Crippen LogP contribution in [0.2, 0.25) is 0 Å². The van der Waals surface area contributed by atoms with Crippen LogP contribution in [0.4, 0.5) is 0 Å². The lowest BCUT2D eigenvalue weighted by molar-refractivity contribution is -0.125. The summed E-state index contributed by atoms with van der Waals surface area (Å²) < 4.78 is 0. The number of hydrogen-bond donors (Lipinski definition) is 1. The molecule has 0 saturated carbocycles. The van der Waals surface area contributed by atoms with Gasteiger partial charge in [-0.3, -0.25) is 4.79 Å². The molecule has 0 fully saturated rings. The Morgan fingerprint density at radius 1 is 1.19 bits per heavy atom. The van der Waals surface area contributed by atoms with Crippen LogP contribution in [0.3, 0.4) is 0 Å². The number of amides is 1. The summed E-state index contributed by atoms with van der Waals surface area (Å²) in [5.41, 5.74) is 1.90. The van der Waals surface area contributed by atoms with Gasteiger partial charge in [0.1, 0.15) is 0 Å². The first-order valence-electron chi connectivity index (χ1n) is 7.76. The number of rotatable bonds is 7. The molecule has 1 rings (SSSR count). The first-order chi connectivity index (χ1) is 9.73. The smallest absolute Gasteiger partial charge is 0.230 e. The van der Waals surface area contributed by atoms with Crippen molar-refractivity contribution in [3.63, 3.8) is 0 Å². The fraction of sp³-hybridized carbons (Fsp3) is 0.611. The molecule has 1 aromatic carbocycles. The van der Waals surface area contributed by atoms with Crippen LogP contribution < -0.4 is 5.32 Å². The van der Waals surface area contributed by atoms with Crippen LogP contribution in [-0.4, -0.2) is 38.0 Å². The maximum atomic E-state index is 12.4. The van der Waals surface area contributed by atoms with Crippen molar-refractivity contribution in [1.82, 2.24) is 10.2 Å². The van der Waals surface area contributed by atoms with Crippen molar-refractivity contribution in [3.8, 4) is 0 Å². The van der Waals surface area contributed by atoms with E-state index in [-0.39, 0.29) is 5.91 Å². The molecule has 0 saturated heterocycles. The summed E-state index contributed by atoms with van der Waals surface area (Å²) in [7, 11) is 4.01. The molecule has 0 unspecified atom stereocenters. The Kier molecular flexibility index (Phi) is 6.41. The van der Waals surface area contributed by atoms with Crippen molar-refractivity contribution in [2.45, 2.75) is 39.5 Å². The van der Waals surface area contributed by atoms with E-state index in [4.69, 9.17) is 0 Å². The Morgan fingerprint density at radius 3 is 2.24 bits per heavy atom. The molecule has 0 aromatic heterocycles. The van der Waals surface area contributed by atoms with Gasteiger partial charge in [0, 0.05) is 13.1 Å². The summed E-state index contributed by atoms with van der Waals surface area (Å²) in [6.45, 7) is 9.94. The number of benzene rings is 1. The molecule has 0 heterocycles. The van der Waals surface area contributed by atoms with Gasteiger partial charge in [-0.2, -0.15) is 0 Å². The van der Waals surface area contributed by atoms with Crippen molar-refractivity contribution in [3.05, 3.63) is 35.4 Å². The number of nitrogens with one attached hydrogen (secondary N) is 1. The highest BCUT2D eigenvalue weighted by molar-refractivity contribution is 5.87. The largest absolute Gasteiger partial charge is 0.354 e. The minimum absolute atomic E-state index is 0.0842. The van der Waals surface area contributed by atoms with Crippen LogP contribution in [-0.2, 0) is 16.6 Å². The molecule has 3 heteroatoms. The molecule has 0 aliphatic heterocycles. The number of carbonyl (C=O) groups is 1. The van der Waals surface area contributed by atoms with Gasteiger partial charge < -0.3 is 10.2 Å². The molecular weight excluding hydrogens is 260 g/mol. The van der Waals surface area contributed by atoms with Gasteiger partial charge in [-0.15, -0.1) is 0 Å². The number of carbonyl (C=O) groups excluding carboxylic acids is 1. The second-order valence-corrected chi connectivity index (χ2v) is 6.98. The van der Waals surface area contributed by atoms with Gasteiger partial charge in [0.2, 0.25) is 5.91 Å². The number of nitrogens with zero attached hydrogens (tertiary/aromatic N) is 1. The molecule has 21 heavy (non-hydrogen) atoms. The van der Waals surface area contributed by atoms with Gasteiger partial charge in [-0.25, -0.2) is 0 Å². The van der Waals surface area contributed by atoms with E-state index in [9.17, 15) is 4.79 Å². The van der Waals surface area contributed by atoms with E-state index in [2.05, 4.69) is 48.3 Å². The van der Waals surface area contributed by atoms with E-state index < -0.39 is 5.41 Å². The second kappa shape index (κ2) is 7.60. The lowest BCUT2D eigenvalue weighted by Crippen LogP contribution is -2.42. The number of hydrogen-bond acceptors (Lipinski definition) is 2. The van der Waals surface area contributed by atoms with E-state index >= 15 is 0 Å². The first kappa shape index (κ1) is 17.7. The van der Waals surface area contributed by atoms with E-state index in [0.29, 0.717) is 12.5 Å². The maximum Gasteiger partial charge on any atom is 0.230 e. The van der Waals surface area contributed by atoms with Crippen LogP contribution >= 0.6 is 0 Å². The molecular formula is C18H30N2O. The summed E-state index contributed by atoms with van der Waals surface area (Å²) >= 11 is 0. The third-order valence-electron chi connectivity index (χ3n) is 3.73. The zero-order valence-electron chi connectivity index (χ0n) is 14.4. The van der Waals surface area contributed by atoms with Gasteiger partial charge in [0.15, 0.2) is 0 Å². The predicted molar refractivity (Wildman–Crippen MR) is 89.6 cm³/mol. The lowest BCUT2D eigenvalue weighted by atomic mass is 9.83. The Labute approximate surface area is 129 Å². The van der Waals surface area contributed by atoms with Gasteiger partial charge in [0.05, 0.1) is 5.41 Å². The zero-order chi connectivity index (χ0) is 16.0. The van der Waals surface area contributed by atoms with Crippen molar-refractivity contribution in [2.24, 2.45) is 5.92 Å². The molecule has 1 amide bonds. The van der Waals surface area contributed by atoms with Gasteiger partial charge in [0.25, 0.3) is 0 Å². The molecule has 0 atom stereocenters. The Morgan fingerprint density at radius 2 is 1.76 bits per heavy atom. The fourth-order valence-electron chi connectivity index (χ4n) is 2.27.